The van der Waals surface area contributed by atoms with Gasteiger partial charge in [0.05, 0.1) is 5.69 Å². The van der Waals surface area contributed by atoms with Gasteiger partial charge >= 0.3 is 0 Å². The fourth-order valence-electron chi connectivity index (χ4n) is 2.52. The van der Waals surface area contributed by atoms with Gasteiger partial charge in [0.2, 0.25) is 0 Å². The molecule has 0 saturated heterocycles. The summed E-state index contributed by atoms with van der Waals surface area (Å²) in [5, 5.41) is 1.13. The number of halogens is 2. The Labute approximate surface area is 114 Å². The van der Waals surface area contributed by atoms with Gasteiger partial charge in [0.1, 0.15) is 5.82 Å². The molecule has 1 unspecified atom stereocenters. The zero-order chi connectivity index (χ0) is 12.7. The van der Waals surface area contributed by atoms with Crippen molar-refractivity contribution in [1.29, 1.82) is 0 Å². The predicted molar refractivity (Wildman–Crippen MR) is 72.7 cm³/mol. The third-order valence-corrected chi connectivity index (χ3v) is 4.58. The van der Waals surface area contributed by atoms with E-state index in [0.717, 1.165) is 29.8 Å². The fourth-order valence-corrected chi connectivity index (χ4v) is 3.73. The number of nitrogens with two attached hydrogens (primary N) is 1. The van der Waals surface area contributed by atoms with Crippen LogP contribution in [0.25, 0.3) is 0 Å². The molecule has 0 bridgehead atoms. The number of thiazole rings is 1. The van der Waals surface area contributed by atoms with E-state index in [-0.39, 0.29) is 11.7 Å². The van der Waals surface area contributed by atoms with Crippen molar-refractivity contribution in [2.24, 2.45) is 0 Å². The van der Waals surface area contributed by atoms with Crippen molar-refractivity contribution in [3.05, 3.63) is 45.2 Å². The number of benzene rings is 1. The first-order valence-electron chi connectivity index (χ1n) is 5.85. The molecular formula is C13H12ClFN2S. The minimum absolute atomic E-state index is 0.0437. The summed E-state index contributed by atoms with van der Waals surface area (Å²) < 4.78 is 13.9. The highest BCUT2D eigenvalue weighted by Gasteiger charge is 2.27. The van der Waals surface area contributed by atoms with Crippen molar-refractivity contribution in [3.63, 3.8) is 0 Å². The van der Waals surface area contributed by atoms with Crippen LogP contribution in [0.3, 0.4) is 0 Å². The smallest absolute Gasteiger partial charge is 0.180 e. The van der Waals surface area contributed by atoms with E-state index in [0.29, 0.717) is 15.7 Å². The maximum Gasteiger partial charge on any atom is 0.180 e. The second-order valence-electron chi connectivity index (χ2n) is 4.47. The summed E-state index contributed by atoms with van der Waals surface area (Å²) in [6, 6.07) is 4.72. The number of aromatic nitrogens is 1. The normalized spacial score (nSPS) is 18.7. The third kappa shape index (κ3) is 1.99. The summed E-state index contributed by atoms with van der Waals surface area (Å²) in [4.78, 5) is 5.42. The van der Waals surface area contributed by atoms with Gasteiger partial charge in [0.15, 0.2) is 5.13 Å². The summed E-state index contributed by atoms with van der Waals surface area (Å²) in [6.07, 6.45) is 2.86. The number of hydrogen-bond acceptors (Lipinski definition) is 3. The van der Waals surface area contributed by atoms with Gasteiger partial charge < -0.3 is 5.73 Å². The zero-order valence-electron chi connectivity index (χ0n) is 9.62. The molecule has 18 heavy (non-hydrogen) atoms. The number of aryl methyl sites for hydroxylation is 1. The molecule has 0 fully saturated rings. The summed E-state index contributed by atoms with van der Waals surface area (Å²) >= 11 is 7.43. The van der Waals surface area contributed by atoms with Gasteiger partial charge in [-0.05, 0) is 43.0 Å². The van der Waals surface area contributed by atoms with Crippen LogP contribution in [0.5, 0.6) is 0 Å². The molecule has 1 heterocycles. The van der Waals surface area contributed by atoms with Crippen LogP contribution in [0.2, 0.25) is 5.02 Å². The maximum atomic E-state index is 13.9. The van der Waals surface area contributed by atoms with Gasteiger partial charge in [-0.2, -0.15) is 0 Å². The highest BCUT2D eigenvalue weighted by molar-refractivity contribution is 7.15. The van der Waals surface area contributed by atoms with Gasteiger partial charge in [-0.15, -0.1) is 11.3 Å². The van der Waals surface area contributed by atoms with E-state index >= 15 is 0 Å². The number of fused-ring (bicyclic) bond motifs is 1. The molecule has 2 nitrogen and oxygen atoms in total. The average molecular weight is 283 g/mol. The zero-order valence-corrected chi connectivity index (χ0v) is 11.2. The second-order valence-corrected chi connectivity index (χ2v) is 5.97. The maximum absolute atomic E-state index is 13.9. The van der Waals surface area contributed by atoms with Crippen LogP contribution in [-0.4, -0.2) is 4.98 Å². The van der Waals surface area contributed by atoms with Crippen LogP contribution >= 0.6 is 22.9 Å². The van der Waals surface area contributed by atoms with Crippen molar-refractivity contribution < 1.29 is 4.39 Å². The van der Waals surface area contributed by atoms with Gasteiger partial charge in [-0.25, -0.2) is 9.37 Å². The van der Waals surface area contributed by atoms with Crippen LogP contribution in [0.1, 0.15) is 34.9 Å². The van der Waals surface area contributed by atoms with E-state index < -0.39 is 0 Å². The Morgan fingerprint density at radius 3 is 3.11 bits per heavy atom. The number of hydrogen-bond donors (Lipinski definition) is 1. The van der Waals surface area contributed by atoms with Crippen LogP contribution in [0, 0.1) is 5.82 Å². The lowest BCUT2D eigenvalue weighted by Crippen LogP contribution is -2.10. The van der Waals surface area contributed by atoms with Crippen molar-refractivity contribution in [2.75, 3.05) is 5.73 Å². The Balaban J connectivity index is 2.10. The van der Waals surface area contributed by atoms with Crippen molar-refractivity contribution in [2.45, 2.75) is 25.2 Å². The summed E-state index contributed by atoms with van der Waals surface area (Å²) in [5.74, 6) is -0.161. The van der Waals surface area contributed by atoms with E-state index in [4.69, 9.17) is 17.3 Å². The molecule has 5 heteroatoms. The van der Waals surface area contributed by atoms with Gasteiger partial charge in [-0.3, -0.25) is 0 Å². The first-order valence-corrected chi connectivity index (χ1v) is 7.04. The number of nitrogen functional groups attached to an aromatic ring is 1. The predicted octanol–water partition coefficient (Wildman–Crippen LogP) is 3.99. The summed E-state index contributed by atoms with van der Waals surface area (Å²) in [6.45, 7) is 0. The molecule has 3 rings (SSSR count). The quantitative estimate of drug-likeness (QED) is 0.859. The lowest BCUT2D eigenvalue weighted by Gasteiger charge is -2.22. The van der Waals surface area contributed by atoms with Crippen LogP contribution in [-0.2, 0) is 6.42 Å². The van der Waals surface area contributed by atoms with Crippen LogP contribution in [0.15, 0.2) is 18.2 Å². The molecule has 0 saturated carbocycles. The Morgan fingerprint density at radius 2 is 2.28 bits per heavy atom. The lowest BCUT2D eigenvalue weighted by molar-refractivity contribution is 0.560. The van der Waals surface area contributed by atoms with Crippen molar-refractivity contribution in [3.8, 4) is 0 Å². The molecule has 1 atom stereocenters. The molecule has 2 N–H and O–H groups in total. The van der Waals surface area contributed by atoms with Crippen LogP contribution in [0.4, 0.5) is 9.52 Å². The Kier molecular flexibility index (Phi) is 2.99. The van der Waals surface area contributed by atoms with Gasteiger partial charge in [-0.1, -0.05) is 11.6 Å². The molecule has 94 valence electrons. The Bertz CT molecular complexity index is 597. The number of rotatable bonds is 1. The SMILES string of the molecule is Nc1nc2c(s1)C(c1cc(Cl)ccc1F)CCC2. The van der Waals surface area contributed by atoms with E-state index in [1.807, 2.05) is 0 Å². The molecule has 2 aromatic rings. The van der Waals surface area contributed by atoms with E-state index in [1.165, 1.54) is 17.4 Å². The molecule has 0 amide bonds. The minimum atomic E-state index is -0.204. The van der Waals surface area contributed by atoms with E-state index in [1.54, 1.807) is 12.1 Å². The third-order valence-electron chi connectivity index (χ3n) is 3.30. The van der Waals surface area contributed by atoms with Gasteiger partial charge in [0, 0.05) is 15.8 Å². The largest absolute Gasteiger partial charge is 0.375 e. The molecule has 1 aromatic carbocycles. The molecule has 1 aromatic heterocycles. The number of anilines is 1. The molecule has 0 aliphatic heterocycles. The molecule has 1 aliphatic rings. The van der Waals surface area contributed by atoms with Crippen molar-refractivity contribution >= 4 is 28.1 Å². The number of nitrogens with zero attached hydrogens (tertiary/aromatic N) is 1. The Morgan fingerprint density at radius 1 is 1.44 bits per heavy atom. The topological polar surface area (TPSA) is 38.9 Å². The Hall–Kier alpha value is -1.13. The monoisotopic (exact) mass is 282 g/mol. The summed E-state index contributed by atoms with van der Waals surface area (Å²) in [5.41, 5.74) is 7.43. The van der Waals surface area contributed by atoms with Gasteiger partial charge in [0.25, 0.3) is 0 Å². The lowest BCUT2D eigenvalue weighted by atomic mass is 9.86. The average Bonchev–Trinajstić information content (AvgIpc) is 2.72. The highest BCUT2D eigenvalue weighted by atomic mass is 35.5. The molecule has 0 radical (unpaired) electrons. The first kappa shape index (κ1) is 11.9. The van der Waals surface area contributed by atoms with E-state index in [9.17, 15) is 4.39 Å². The fraction of sp³-hybridized carbons (Fsp3) is 0.308. The molecule has 0 spiro atoms. The van der Waals surface area contributed by atoms with Crippen molar-refractivity contribution in [1.82, 2.24) is 4.98 Å². The van der Waals surface area contributed by atoms with Crippen LogP contribution < -0.4 is 5.73 Å². The second kappa shape index (κ2) is 4.52. The highest BCUT2D eigenvalue weighted by Crippen LogP contribution is 2.42. The standard InChI is InChI=1S/C13H12ClFN2S/c14-7-4-5-10(15)9(6-7)8-2-1-3-11-12(8)18-13(16)17-11/h4-6,8H,1-3H2,(H2,16,17). The first-order chi connectivity index (χ1) is 8.65. The molecular weight excluding hydrogens is 271 g/mol. The molecule has 1 aliphatic carbocycles. The minimum Gasteiger partial charge on any atom is -0.375 e. The summed E-state index contributed by atoms with van der Waals surface area (Å²) in [7, 11) is 0. The van der Waals surface area contributed by atoms with E-state index in [2.05, 4.69) is 4.98 Å².